The van der Waals surface area contributed by atoms with Gasteiger partial charge in [-0.3, -0.25) is 14.6 Å². The highest BCUT2D eigenvalue weighted by Gasteiger charge is 2.26. The molecule has 1 saturated heterocycles. The average Bonchev–Trinajstić information content (AvgIpc) is 3.72. The van der Waals surface area contributed by atoms with Crippen molar-refractivity contribution in [3.05, 3.63) is 90.7 Å². The van der Waals surface area contributed by atoms with Gasteiger partial charge in [-0.15, -0.1) is 0 Å². The van der Waals surface area contributed by atoms with Crippen LogP contribution in [-0.2, 0) is 6.54 Å². The number of likely N-dealkylation sites (tertiary alicyclic amines) is 1. The molecule has 0 unspecified atom stereocenters. The molecule has 0 bridgehead atoms. The number of hydrogen-bond donors (Lipinski definition) is 1. The maximum Gasteiger partial charge on any atom is 0.257 e. The predicted octanol–water partition coefficient (Wildman–Crippen LogP) is 3.76. The van der Waals surface area contributed by atoms with Crippen molar-refractivity contribution in [2.75, 3.05) is 13.1 Å². The van der Waals surface area contributed by atoms with Gasteiger partial charge in [-0.05, 0) is 49.2 Å². The zero-order valence-electron chi connectivity index (χ0n) is 19.9. The second-order valence-corrected chi connectivity index (χ2v) is 8.97. The zero-order chi connectivity index (χ0) is 25.2. The molecule has 1 aliphatic rings. The van der Waals surface area contributed by atoms with Gasteiger partial charge in [-0.1, -0.05) is 0 Å². The minimum atomic E-state index is -0.199. The Morgan fingerprint density at radius 1 is 1.08 bits per heavy atom. The van der Waals surface area contributed by atoms with Crippen LogP contribution in [0.4, 0.5) is 0 Å². The number of hydrogen-bond acceptors (Lipinski definition) is 7. The Bertz CT molecular complexity index is 1520. The summed E-state index contributed by atoms with van der Waals surface area (Å²) in [6, 6.07) is 10.8. The van der Waals surface area contributed by atoms with Crippen LogP contribution in [0.1, 0.15) is 39.3 Å². The smallest absolute Gasteiger partial charge is 0.257 e. The van der Waals surface area contributed by atoms with Gasteiger partial charge in [0.25, 0.3) is 11.8 Å². The first kappa shape index (κ1) is 22.7. The van der Waals surface area contributed by atoms with Gasteiger partial charge in [-0.2, -0.15) is 5.10 Å². The predicted molar refractivity (Wildman–Crippen MR) is 134 cm³/mol. The Morgan fingerprint density at radius 2 is 1.97 bits per heavy atom. The van der Waals surface area contributed by atoms with E-state index in [1.807, 2.05) is 24.3 Å². The highest BCUT2D eigenvalue weighted by Crippen LogP contribution is 2.26. The van der Waals surface area contributed by atoms with Crippen molar-refractivity contribution in [2.24, 2.45) is 0 Å². The van der Waals surface area contributed by atoms with Crippen LogP contribution in [0.2, 0.25) is 0 Å². The fourth-order valence-electron chi connectivity index (χ4n) is 4.62. The van der Waals surface area contributed by atoms with Gasteiger partial charge in [0.1, 0.15) is 18.6 Å². The van der Waals surface area contributed by atoms with Crippen LogP contribution in [0.5, 0.6) is 0 Å². The molecule has 0 saturated carbocycles. The van der Waals surface area contributed by atoms with Crippen molar-refractivity contribution in [3.8, 4) is 11.3 Å². The third-order valence-corrected chi connectivity index (χ3v) is 6.58. The third kappa shape index (κ3) is 4.61. The lowest BCUT2D eigenvalue weighted by atomic mass is 10.0. The molecule has 6 heterocycles. The summed E-state index contributed by atoms with van der Waals surface area (Å²) in [5, 5.41) is 8.31. The summed E-state index contributed by atoms with van der Waals surface area (Å²) < 4.78 is 12.2. The Balaban J connectivity index is 1.25. The molecule has 0 spiro atoms. The third-order valence-electron chi connectivity index (χ3n) is 6.58. The summed E-state index contributed by atoms with van der Waals surface area (Å²) in [6.45, 7) is 1.51. The molecule has 0 aromatic carbocycles. The molecule has 2 amide bonds. The highest BCUT2D eigenvalue weighted by atomic mass is 16.3. The first-order chi connectivity index (χ1) is 18.2. The SMILES string of the molecule is O=C(NC1CCN(C(=O)c2ccoc2)CC1)c1cc(-c2cccnc2)nc2c1cnn2Cc1ccco1. The van der Waals surface area contributed by atoms with E-state index in [1.54, 1.807) is 46.6 Å². The number of nitrogens with one attached hydrogen (secondary N) is 1. The summed E-state index contributed by atoms with van der Waals surface area (Å²) in [6.07, 6.45) is 11.0. The molecule has 1 aliphatic heterocycles. The second kappa shape index (κ2) is 9.73. The van der Waals surface area contributed by atoms with Crippen molar-refractivity contribution in [1.82, 2.24) is 30.0 Å². The minimum Gasteiger partial charge on any atom is -0.472 e. The Kier molecular flexibility index (Phi) is 5.97. The molecule has 5 aromatic rings. The summed E-state index contributed by atoms with van der Waals surface area (Å²) in [5.74, 6) is 0.482. The number of carbonyl (C=O) groups is 2. The largest absolute Gasteiger partial charge is 0.472 e. The Hall–Kier alpha value is -4.73. The molecule has 6 rings (SSSR count). The fourth-order valence-corrected chi connectivity index (χ4v) is 4.62. The summed E-state index contributed by atoms with van der Waals surface area (Å²) in [4.78, 5) is 36.9. The molecule has 10 heteroatoms. The van der Waals surface area contributed by atoms with Crippen molar-refractivity contribution < 1.29 is 18.4 Å². The van der Waals surface area contributed by atoms with Crippen LogP contribution >= 0.6 is 0 Å². The molecule has 0 atom stereocenters. The van der Waals surface area contributed by atoms with E-state index in [2.05, 4.69) is 15.4 Å². The topological polar surface area (TPSA) is 119 Å². The van der Waals surface area contributed by atoms with E-state index >= 15 is 0 Å². The van der Waals surface area contributed by atoms with Crippen LogP contribution in [-0.4, -0.2) is 55.6 Å². The quantitative estimate of drug-likeness (QED) is 0.380. The molecule has 186 valence electrons. The Morgan fingerprint density at radius 3 is 2.70 bits per heavy atom. The van der Waals surface area contributed by atoms with Crippen molar-refractivity contribution >= 4 is 22.8 Å². The van der Waals surface area contributed by atoms with E-state index in [0.717, 1.165) is 11.3 Å². The summed E-state index contributed by atoms with van der Waals surface area (Å²) in [5.41, 5.74) is 3.05. The van der Waals surface area contributed by atoms with Gasteiger partial charge in [-0.25, -0.2) is 9.67 Å². The first-order valence-electron chi connectivity index (χ1n) is 12.1. The van der Waals surface area contributed by atoms with E-state index in [9.17, 15) is 9.59 Å². The van der Waals surface area contributed by atoms with Crippen molar-refractivity contribution in [2.45, 2.75) is 25.4 Å². The lowest BCUT2D eigenvalue weighted by molar-refractivity contribution is 0.0697. The Labute approximate surface area is 211 Å². The number of amides is 2. The second-order valence-electron chi connectivity index (χ2n) is 8.97. The van der Waals surface area contributed by atoms with Crippen LogP contribution in [0, 0.1) is 0 Å². The standard InChI is InChI=1S/C27H24N6O4/c34-26(30-20-5-9-32(10-6-20)27(35)19-7-12-36-17-19)22-13-24(18-3-1-8-28-14-18)31-25-23(22)15-29-33(25)16-21-4-2-11-37-21/h1-4,7-8,11-15,17,20H,5-6,9-10,16H2,(H,30,34). The van der Waals surface area contributed by atoms with Crippen molar-refractivity contribution in [3.63, 3.8) is 0 Å². The molecular weight excluding hydrogens is 472 g/mol. The lowest BCUT2D eigenvalue weighted by Gasteiger charge is -2.32. The number of pyridine rings is 2. The van der Waals surface area contributed by atoms with Gasteiger partial charge in [0.2, 0.25) is 0 Å². The van der Waals surface area contributed by atoms with Gasteiger partial charge in [0.05, 0.1) is 40.9 Å². The molecule has 0 radical (unpaired) electrons. The molecule has 1 fully saturated rings. The maximum atomic E-state index is 13.5. The normalized spacial score (nSPS) is 14.2. The van der Waals surface area contributed by atoms with Crippen LogP contribution in [0.15, 0.2) is 82.6 Å². The van der Waals surface area contributed by atoms with Crippen LogP contribution < -0.4 is 5.32 Å². The highest BCUT2D eigenvalue weighted by molar-refractivity contribution is 6.06. The number of aromatic nitrogens is 4. The maximum absolute atomic E-state index is 13.5. The van der Waals surface area contributed by atoms with Gasteiger partial charge >= 0.3 is 0 Å². The fraction of sp³-hybridized carbons (Fsp3) is 0.222. The van der Waals surface area contributed by atoms with E-state index < -0.39 is 0 Å². The molecule has 5 aromatic heterocycles. The summed E-state index contributed by atoms with van der Waals surface area (Å²) in [7, 11) is 0. The van der Waals surface area contributed by atoms with E-state index in [1.165, 1.54) is 12.5 Å². The monoisotopic (exact) mass is 496 g/mol. The number of nitrogens with zero attached hydrogens (tertiary/aromatic N) is 5. The molecule has 10 nitrogen and oxygen atoms in total. The van der Waals surface area contributed by atoms with Crippen LogP contribution in [0.25, 0.3) is 22.3 Å². The van der Waals surface area contributed by atoms with Crippen LogP contribution in [0.3, 0.4) is 0 Å². The van der Waals surface area contributed by atoms with Gasteiger partial charge in [0.15, 0.2) is 5.65 Å². The van der Waals surface area contributed by atoms with E-state index in [4.69, 9.17) is 13.8 Å². The first-order valence-corrected chi connectivity index (χ1v) is 12.1. The number of furan rings is 2. The molecule has 1 N–H and O–H groups in total. The number of rotatable bonds is 6. The van der Waals surface area contributed by atoms with E-state index in [-0.39, 0.29) is 17.9 Å². The number of carbonyl (C=O) groups excluding carboxylic acids is 2. The minimum absolute atomic E-state index is 0.0517. The molecular formula is C27H24N6O4. The average molecular weight is 497 g/mol. The van der Waals surface area contributed by atoms with Gasteiger partial charge in [0, 0.05) is 37.1 Å². The number of fused-ring (bicyclic) bond motifs is 1. The number of piperidine rings is 1. The zero-order valence-corrected chi connectivity index (χ0v) is 19.9. The van der Waals surface area contributed by atoms with Gasteiger partial charge < -0.3 is 19.1 Å². The summed E-state index contributed by atoms with van der Waals surface area (Å²) >= 11 is 0. The molecule has 0 aliphatic carbocycles. The van der Waals surface area contributed by atoms with E-state index in [0.29, 0.717) is 60.3 Å². The van der Waals surface area contributed by atoms with Crippen molar-refractivity contribution in [1.29, 1.82) is 0 Å². The lowest BCUT2D eigenvalue weighted by Crippen LogP contribution is -2.46. The molecule has 37 heavy (non-hydrogen) atoms.